The minimum absolute atomic E-state index is 0.00131. The molecule has 2 aliphatic carbocycles. The van der Waals surface area contributed by atoms with E-state index in [1.807, 2.05) is 40.2 Å². The highest BCUT2D eigenvalue weighted by Gasteiger charge is 2.44. The van der Waals surface area contributed by atoms with E-state index in [1.54, 1.807) is 6.33 Å². The molecule has 4 aliphatic rings. The van der Waals surface area contributed by atoms with Gasteiger partial charge in [-0.3, -0.25) is 19.2 Å². The second-order valence-electron chi connectivity index (χ2n) is 14.0. The van der Waals surface area contributed by atoms with Gasteiger partial charge in [-0.1, -0.05) is 62.3 Å². The maximum absolute atomic E-state index is 14.2. The lowest BCUT2D eigenvalue weighted by molar-refractivity contribution is -0.141. The number of carbonyl (C=O) groups is 2. The number of likely N-dealkylation sites (tertiary alicyclic amines) is 2. The monoisotopic (exact) mass is 608 g/mol. The van der Waals surface area contributed by atoms with Crippen LogP contribution in [0.15, 0.2) is 36.9 Å². The standard InChI is InChI=1S/C34H49ClN6O2/c1-39-21-27-8-6-5-7-26(27)20-31(39)32(42)38-30(19-25-11-13-29(35)14-12-25)33(43)40-17-15-34(16-18-40,22-41-24-36-23-37-41)28-9-3-2-4-10-28/h11-14,23-24,26-28,30-31H,2-10,15-22H2,1H3,(H,38,42)/t26-,27+,30-,31+/m1/s1. The maximum atomic E-state index is 14.2. The molecule has 8 nitrogen and oxygen atoms in total. The summed E-state index contributed by atoms with van der Waals surface area (Å²) in [5.74, 6) is 2.00. The third-order valence-electron chi connectivity index (χ3n) is 11.4. The second-order valence-corrected chi connectivity index (χ2v) is 14.4. The van der Waals surface area contributed by atoms with Gasteiger partial charge in [0.15, 0.2) is 0 Å². The number of hydrogen-bond acceptors (Lipinski definition) is 5. The molecule has 2 aliphatic heterocycles. The molecule has 9 heteroatoms. The van der Waals surface area contributed by atoms with Crippen LogP contribution in [0.2, 0.25) is 5.02 Å². The summed E-state index contributed by atoms with van der Waals surface area (Å²) in [4.78, 5) is 36.6. The Kier molecular flexibility index (Phi) is 9.72. The van der Waals surface area contributed by atoms with Crippen LogP contribution in [0.3, 0.4) is 0 Å². The third kappa shape index (κ3) is 7.11. The first-order valence-electron chi connectivity index (χ1n) is 16.8. The molecular formula is C34H49ClN6O2. The quantitative estimate of drug-likeness (QED) is 0.436. The number of fused-ring (bicyclic) bond motifs is 1. The normalized spacial score (nSPS) is 27.3. The fraction of sp³-hybridized carbons (Fsp3) is 0.706. The zero-order valence-electron chi connectivity index (χ0n) is 25.8. The summed E-state index contributed by atoms with van der Waals surface area (Å²) >= 11 is 6.17. The Labute approximate surface area is 261 Å². The van der Waals surface area contributed by atoms with Crippen molar-refractivity contribution in [2.45, 2.75) is 102 Å². The first-order chi connectivity index (χ1) is 20.9. The van der Waals surface area contributed by atoms with Crippen molar-refractivity contribution >= 4 is 23.4 Å². The van der Waals surface area contributed by atoms with E-state index in [4.69, 9.17) is 11.6 Å². The largest absolute Gasteiger partial charge is 0.343 e. The number of nitrogens with one attached hydrogen (secondary N) is 1. The minimum Gasteiger partial charge on any atom is -0.343 e. The summed E-state index contributed by atoms with van der Waals surface area (Å²) in [5.41, 5.74) is 1.13. The summed E-state index contributed by atoms with van der Waals surface area (Å²) in [6, 6.07) is 6.89. The van der Waals surface area contributed by atoms with E-state index < -0.39 is 6.04 Å². The van der Waals surface area contributed by atoms with E-state index in [2.05, 4.69) is 27.3 Å². The number of benzene rings is 1. The van der Waals surface area contributed by atoms with Gasteiger partial charge in [0.2, 0.25) is 11.8 Å². The van der Waals surface area contributed by atoms with E-state index >= 15 is 0 Å². The molecule has 3 heterocycles. The molecule has 0 radical (unpaired) electrons. The van der Waals surface area contributed by atoms with Crippen LogP contribution in [0.1, 0.15) is 82.6 Å². The van der Waals surface area contributed by atoms with Crippen LogP contribution in [0.5, 0.6) is 0 Å². The van der Waals surface area contributed by atoms with Gasteiger partial charge in [0.25, 0.3) is 0 Å². The van der Waals surface area contributed by atoms with Gasteiger partial charge in [-0.25, -0.2) is 4.98 Å². The fourth-order valence-electron chi connectivity index (χ4n) is 8.87. The Hall–Kier alpha value is -2.45. The smallest absolute Gasteiger partial charge is 0.245 e. The number of carbonyl (C=O) groups excluding carboxylic acids is 2. The Balaban J connectivity index is 1.16. The van der Waals surface area contributed by atoms with Crippen LogP contribution in [0, 0.1) is 23.2 Å². The lowest BCUT2D eigenvalue weighted by Crippen LogP contribution is -2.59. The van der Waals surface area contributed by atoms with Gasteiger partial charge in [-0.05, 0) is 86.4 Å². The molecule has 1 N–H and O–H groups in total. The summed E-state index contributed by atoms with van der Waals surface area (Å²) in [5, 5.41) is 8.39. The van der Waals surface area contributed by atoms with E-state index in [1.165, 1.54) is 57.8 Å². The molecule has 6 rings (SSSR count). The number of aromatic nitrogens is 3. The summed E-state index contributed by atoms with van der Waals surface area (Å²) in [7, 11) is 2.08. The molecule has 0 unspecified atom stereocenters. The molecule has 43 heavy (non-hydrogen) atoms. The number of likely N-dealkylation sites (N-methyl/N-ethyl adjacent to an activating group) is 1. The Morgan fingerprint density at radius 2 is 1.70 bits per heavy atom. The topological polar surface area (TPSA) is 83.4 Å². The van der Waals surface area contributed by atoms with Crippen LogP contribution in [0.25, 0.3) is 0 Å². The SMILES string of the molecule is CN1C[C@@H]2CCCC[C@@H]2C[C@H]1C(=O)N[C@H](Cc1ccc(Cl)cc1)C(=O)N1CCC(Cn2cncn2)(C2CCCCC2)CC1. The van der Waals surface area contributed by atoms with Gasteiger partial charge >= 0.3 is 0 Å². The highest BCUT2D eigenvalue weighted by molar-refractivity contribution is 6.30. The predicted octanol–water partition coefficient (Wildman–Crippen LogP) is 5.36. The molecule has 4 atom stereocenters. The number of hydrogen-bond donors (Lipinski definition) is 1. The predicted molar refractivity (Wildman–Crippen MR) is 168 cm³/mol. The summed E-state index contributed by atoms with van der Waals surface area (Å²) in [6.45, 7) is 3.26. The van der Waals surface area contributed by atoms with E-state index in [9.17, 15) is 9.59 Å². The molecular weight excluding hydrogens is 560 g/mol. The number of piperidine rings is 2. The molecule has 1 aromatic carbocycles. The molecule has 2 saturated heterocycles. The maximum Gasteiger partial charge on any atom is 0.245 e. The van der Waals surface area contributed by atoms with Crippen LogP contribution >= 0.6 is 11.6 Å². The van der Waals surface area contributed by atoms with Gasteiger partial charge < -0.3 is 10.2 Å². The van der Waals surface area contributed by atoms with E-state index in [-0.39, 0.29) is 23.3 Å². The minimum atomic E-state index is -0.594. The van der Waals surface area contributed by atoms with Crippen molar-refractivity contribution in [1.29, 1.82) is 0 Å². The highest BCUT2D eigenvalue weighted by atomic mass is 35.5. The zero-order valence-corrected chi connectivity index (χ0v) is 26.6. The third-order valence-corrected chi connectivity index (χ3v) is 11.7. The van der Waals surface area contributed by atoms with Gasteiger partial charge in [0.05, 0.1) is 6.04 Å². The van der Waals surface area contributed by atoms with Crippen LogP contribution in [-0.4, -0.2) is 75.1 Å². The number of nitrogens with zero attached hydrogens (tertiary/aromatic N) is 5. The van der Waals surface area contributed by atoms with Crippen molar-refractivity contribution in [3.63, 3.8) is 0 Å². The molecule has 4 fully saturated rings. The zero-order chi connectivity index (χ0) is 29.8. The molecule has 0 spiro atoms. The van der Waals surface area contributed by atoms with Gasteiger partial charge in [0.1, 0.15) is 18.7 Å². The fourth-order valence-corrected chi connectivity index (χ4v) is 9.00. The van der Waals surface area contributed by atoms with E-state index in [0.29, 0.717) is 42.3 Å². The first kappa shape index (κ1) is 30.6. The van der Waals surface area contributed by atoms with Crippen molar-refractivity contribution in [2.24, 2.45) is 23.2 Å². The van der Waals surface area contributed by atoms with Crippen LogP contribution < -0.4 is 5.32 Å². The number of amides is 2. The molecule has 1 aromatic heterocycles. The first-order valence-corrected chi connectivity index (χ1v) is 17.1. The van der Waals surface area contributed by atoms with Gasteiger partial charge in [-0.2, -0.15) is 5.10 Å². The van der Waals surface area contributed by atoms with Crippen molar-refractivity contribution in [3.8, 4) is 0 Å². The lowest BCUT2D eigenvalue weighted by atomic mass is 9.63. The van der Waals surface area contributed by atoms with Crippen LogP contribution in [0.4, 0.5) is 0 Å². The molecule has 0 bridgehead atoms. The van der Waals surface area contributed by atoms with Gasteiger partial charge in [0, 0.05) is 37.6 Å². The molecule has 2 aromatic rings. The average Bonchev–Trinajstić information content (AvgIpc) is 3.54. The lowest BCUT2D eigenvalue weighted by Gasteiger charge is -2.48. The molecule has 234 valence electrons. The number of halogens is 1. The average molecular weight is 609 g/mol. The number of rotatable bonds is 8. The Bertz CT molecular complexity index is 1210. The Morgan fingerprint density at radius 3 is 2.40 bits per heavy atom. The van der Waals surface area contributed by atoms with Crippen molar-refractivity contribution in [3.05, 3.63) is 47.5 Å². The Morgan fingerprint density at radius 1 is 1.00 bits per heavy atom. The van der Waals surface area contributed by atoms with Crippen LogP contribution in [-0.2, 0) is 22.6 Å². The van der Waals surface area contributed by atoms with Crippen molar-refractivity contribution in [2.75, 3.05) is 26.7 Å². The highest BCUT2D eigenvalue weighted by Crippen LogP contribution is 2.47. The van der Waals surface area contributed by atoms with Gasteiger partial charge in [-0.15, -0.1) is 0 Å². The van der Waals surface area contributed by atoms with Crippen molar-refractivity contribution in [1.82, 2.24) is 29.9 Å². The van der Waals surface area contributed by atoms with E-state index in [0.717, 1.165) is 37.9 Å². The molecule has 2 saturated carbocycles. The van der Waals surface area contributed by atoms with Crippen molar-refractivity contribution < 1.29 is 9.59 Å². The molecule has 2 amide bonds. The summed E-state index contributed by atoms with van der Waals surface area (Å²) in [6.07, 6.45) is 18.2. The second kappa shape index (κ2) is 13.7. The summed E-state index contributed by atoms with van der Waals surface area (Å²) < 4.78 is 1.99.